The average molecular weight is 239 g/mol. The van der Waals surface area contributed by atoms with Crippen LogP contribution in [-0.2, 0) is 16.1 Å². The van der Waals surface area contributed by atoms with E-state index in [1.807, 2.05) is 0 Å². The first kappa shape index (κ1) is 12.0. The number of hydrogen-bond donors (Lipinski definition) is 2. The predicted octanol–water partition coefficient (Wildman–Crippen LogP) is -1.23. The summed E-state index contributed by atoms with van der Waals surface area (Å²) >= 11 is 0. The van der Waals surface area contributed by atoms with Crippen LogP contribution in [0.5, 0.6) is 0 Å². The molecular formula is C10H17N5O2. The van der Waals surface area contributed by atoms with E-state index < -0.39 is 0 Å². The van der Waals surface area contributed by atoms with Crippen molar-refractivity contribution < 1.29 is 9.53 Å². The van der Waals surface area contributed by atoms with Gasteiger partial charge in [-0.2, -0.15) is 0 Å². The van der Waals surface area contributed by atoms with E-state index in [0.717, 1.165) is 19.5 Å². The van der Waals surface area contributed by atoms with Gasteiger partial charge in [-0.25, -0.2) is 0 Å². The van der Waals surface area contributed by atoms with E-state index in [-0.39, 0.29) is 11.9 Å². The van der Waals surface area contributed by atoms with E-state index in [0.29, 0.717) is 19.8 Å². The molecule has 1 atom stereocenters. The van der Waals surface area contributed by atoms with E-state index in [9.17, 15) is 4.79 Å². The lowest BCUT2D eigenvalue weighted by molar-refractivity contribution is -0.125. The van der Waals surface area contributed by atoms with Gasteiger partial charge in [-0.05, 0) is 6.42 Å². The van der Waals surface area contributed by atoms with Crippen molar-refractivity contribution >= 4 is 5.91 Å². The van der Waals surface area contributed by atoms with Gasteiger partial charge < -0.3 is 15.4 Å². The van der Waals surface area contributed by atoms with E-state index in [1.54, 1.807) is 17.1 Å². The Labute approximate surface area is 99.5 Å². The smallest absolute Gasteiger partial charge is 0.239 e. The molecule has 0 saturated carbocycles. The van der Waals surface area contributed by atoms with Gasteiger partial charge in [0.1, 0.15) is 6.04 Å². The highest BCUT2D eigenvalue weighted by Crippen LogP contribution is 1.93. The summed E-state index contributed by atoms with van der Waals surface area (Å²) in [6, 6.07) is -0.213. The summed E-state index contributed by atoms with van der Waals surface area (Å²) < 4.78 is 6.97. The van der Waals surface area contributed by atoms with Crippen molar-refractivity contribution in [3.8, 4) is 0 Å². The maximum Gasteiger partial charge on any atom is 0.239 e. The molecular weight excluding hydrogens is 222 g/mol. The molecule has 0 spiro atoms. The highest BCUT2D eigenvalue weighted by atomic mass is 16.5. The number of nitrogens with one attached hydrogen (secondary N) is 2. The number of aryl methyl sites for hydroxylation is 1. The Kier molecular flexibility index (Phi) is 4.45. The molecule has 7 heteroatoms. The highest BCUT2D eigenvalue weighted by Gasteiger charge is 2.20. The highest BCUT2D eigenvalue weighted by molar-refractivity contribution is 5.81. The van der Waals surface area contributed by atoms with Crippen LogP contribution >= 0.6 is 0 Å². The van der Waals surface area contributed by atoms with Crippen molar-refractivity contribution in [1.82, 2.24) is 25.6 Å². The molecule has 1 fully saturated rings. The monoisotopic (exact) mass is 239 g/mol. The zero-order chi connectivity index (χ0) is 11.9. The molecule has 7 nitrogen and oxygen atoms in total. The number of ether oxygens (including phenoxy) is 1. The van der Waals surface area contributed by atoms with E-state index in [2.05, 4.69) is 20.9 Å². The third kappa shape index (κ3) is 3.79. The number of rotatable bonds is 5. The molecule has 0 aromatic carbocycles. The minimum Gasteiger partial charge on any atom is -0.378 e. The summed E-state index contributed by atoms with van der Waals surface area (Å²) in [6.07, 6.45) is 4.28. The second-order valence-corrected chi connectivity index (χ2v) is 3.89. The van der Waals surface area contributed by atoms with Gasteiger partial charge in [0.25, 0.3) is 0 Å². The molecule has 1 aromatic rings. The molecule has 1 aliphatic heterocycles. The number of carbonyl (C=O) groups excluding carboxylic acids is 1. The maximum atomic E-state index is 11.7. The quantitative estimate of drug-likeness (QED) is 0.629. The van der Waals surface area contributed by atoms with Crippen LogP contribution < -0.4 is 10.6 Å². The second kappa shape index (κ2) is 6.31. The van der Waals surface area contributed by atoms with E-state index >= 15 is 0 Å². The molecule has 2 rings (SSSR count). The van der Waals surface area contributed by atoms with Crippen LogP contribution in [0, 0.1) is 0 Å². The lowest BCUT2D eigenvalue weighted by Crippen LogP contribution is -2.51. The summed E-state index contributed by atoms with van der Waals surface area (Å²) in [5.74, 6) is 0.00305. The molecule has 94 valence electrons. The number of morpholine rings is 1. The van der Waals surface area contributed by atoms with Gasteiger partial charge in [-0.15, -0.1) is 5.10 Å². The molecule has 1 amide bonds. The molecule has 1 aliphatic rings. The standard InChI is InChI=1S/C10H17N5O2/c16-10(9-8-17-7-4-11-9)12-2-1-5-15-6-3-13-14-15/h3,6,9,11H,1-2,4-5,7-8H2,(H,12,16). The van der Waals surface area contributed by atoms with Gasteiger partial charge in [0.05, 0.1) is 19.4 Å². The van der Waals surface area contributed by atoms with Gasteiger partial charge in [-0.1, -0.05) is 5.21 Å². The lowest BCUT2D eigenvalue weighted by atomic mass is 10.2. The minimum atomic E-state index is -0.213. The van der Waals surface area contributed by atoms with Crippen LogP contribution in [0.3, 0.4) is 0 Å². The van der Waals surface area contributed by atoms with Crippen LogP contribution in [0.1, 0.15) is 6.42 Å². The third-order valence-corrected chi connectivity index (χ3v) is 2.57. The van der Waals surface area contributed by atoms with Gasteiger partial charge in [0.15, 0.2) is 0 Å². The summed E-state index contributed by atoms with van der Waals surface area (Å²) in [6.45, 7) is 3.26. The van der Waals surface area contributed by atoms with Crippen LogP contribution in [0.25, 0.3) is 0 Å². The van der Waals surface area contributed by atoms with E-state index in [4.69, 9.17) is 4.74 Å². The van der Waals surface area contributed by atoms with Crippen molar-refractivity contribution in [3.05, 3.63) is 12.4 Å². The Morgan fingerprint density at radius 2 is 2.59 bits per heavy atom. The maximum absolute atomic E-state index is 11.7. The van der Waals surface area contributed by atoms with Crippen LogP contribution in [0.15, 0.2) is 12.4 Å². The van der Waals surface area contributed by atoms with Crippen molar-refractivity contribution in [2.45, 2.75) is 19.0 Å². The van der Waals surface area contributed by atoms with Crippen LogP contribution in [0.2, 0.25) is 0 Å². The molecule has 0 radical (unpaired) electrons. The Hall–Kier alpha value is -1.47. The van der Waals surface area contributed by atoms with Gasteiger partial charge in [-0.3, -0.25) is 9.48 Å². The zero-order valence-corrected chi connectivity index (χ0v) is 9.63. The van der Waals surface area contributed by atoms with Crippen molar-refractivity contribution in [2.75, 3.05) is 26.3 Å². The van der Waals surface area contributed by atoms with Gasteiger partial charge in [0.2, 0.25) is 5.91 Å². The molecule has 17 heavy (non-hydrogen) atoms. The van der Waals surface area contributed by atoms with Crippen LogP contribution in [-0.4, -0.2) is 53.2 Å². The molecule has 1 unspecified atom stereocenters. The Morgan fingerprint density at radius 3 is 3.29 bits per heavy atom. The van der Waals surface area contributed by atoms with Crippen molar-refractivity contribution in [1.29, 1.82) is 0 Å². The number of amides is 1. The van der Waals surface area contributed by atoms with Crippen molar-refractivity contribution in [3.63, 3.8) is 0 Å². The second-order valence-electron chi connectivity index (χ2n) is 3.89. The topological polar surface area (TPSA) is 81.1 Å². The van der Waals surface area contributed by atoms with E-state index in [1.165, 1.54) is 0 Å². The first-order chi connectivity index (χ1) is 8.36. The molecule has 0 bridgehead atoms. The molecule has 1 aromatic heterocycles. The third-order valence-electron chi connectivity index (χ3n) is 2.57. The normalized spacial score (nSPS) is 20.1. The Bertz CT molecular complexity index is 334. The Morgan fingerprint density at radius 1 is 1.65 bits per heavy atom. The number of aromatic nitrogens is 3. The average Bonchev–Trinajstić information content (AvgIpc) is 2.88. The summed E-state index contributed by atoms with van der Waals surface area (Å²) in [5, 5.41) is 13.5. The lowest BCUT2D eigenvalue weighted by Gasteiger charge is -2.22. The Balaban J connectivity index is 1.59. The fourth-order valence-electron chi connectivity index (χ4n) is 1.66. The van der Waals surface area contributed by atoms with Gasteiger partial charge in [0, 0.05) is 25.8 Å². The summed E-state index contributed by atoms with van der Waals surface area (Å²) in [5.41, 5.74) is 0. The zero-order valence-electron chi connectivity index (χ0n) is 9.63. The molecule has 1 saturated heterocycles. The minimum absolute atomic E-state index is 0.00305. The molecule has 0 aliphatic carbocycles. The number of carbonyl (C=O) groups is 1. The molecule has 2 heterocycles. The first-order valence-corrected chi connectivity index (χ1v) is 5.79. The summed E-state index contributed by atoms with van der Waals surface area (Å²) in [7, 11) is 0. The van der Waals surface area contributed by atoms with Gasteiger partial charge >= 0.3 is 0 Å². The largest absolute Gasteiger partial charge is 0.378 e. The van der Waals surface area contributed by atoms with Crippen LogP contribution in [0.4, 0.5) is 0 Å². The predicted molar refractivity (Wildman–Crippen MR) is 60.3 cm³/mol. The van der Waals surface area contributed by atoms with Crippen molar-refractivity contribution in [2.24, 2.45) is 0 Å². The molecule has 2 N–H and O–H groups in total. The fraction of sp³-hybridized carbons (Fsp3) is 0.700. The first-order valence-electron chi connectivity index (χ1n) is 5.79. The summed E-state index contributed by atoms with van der Waals surface area (Å²) in [4.78, 5) is 11.7. The number of nitrogens with zero attached hydrogens (tertiary/aromatic N) is 3. The SMILES string of the molecule is O=C(NCCCn1ccnn1)C1COCCN1. The number of hydrogen-bond acceptors (Lipinski definition) is 5. The fourth-order valence-corrected chi connectivity index (χ4v) is 1.66.